The van der Waals surface area contributed by atoms with Crippen LogP contribution in [0.3, 0.4) is 0 Å². The molecule has 1 saturated heterocycles. The molecule has 1 fully saturated rings. The molecule has 64 valence electrons. The summed E-state index contributed by atoms with van der Waals surface area (Å²) >= 11 is 0. The molecule has 3 nitrogen and oxygen atoms in total. The smallest absolute Gasteiger partial charge is 0.411 e. The predicted molar refractivity (Wildman–Crippen MR) is 43.3 cm³/mol. The molecule has 0 aromatic rings. The third kappa shape index (κ3) is 2.19. The van der Waals surface area contributed by atoms with Crippen molar-refractivity contribution in [1.82, 2.24) is 0 Å². The Kier molecular flexibility index (Phi) is 2.93. The van der Waals surface area contributed by atoms with E-state index in [9.17, 15) is 5.11 Å². The van der Waals surface area contributed by atoms with E-state index in [1.807, 2.05) is 13.7 Å². The molecule has 0 saturated carbocycles. The van der Waals surface area contributed by atoms with Crippen LogP contribution >= 0.6 is 0 Å². The topological polar surface area (TPSA) is 38.7 Å². The van der Waals surface area contributed by atoms with E-state index < -0.39 is 0 Å². The van der Waals surface area contributed by atoms with Gasteiger partial charge >= 0.3 is 7.12 Å². The number of hydrogen-bond acceptors (Lipinski definition) is 3. The molecular formula is C7H15BO3. The average Bonchev–Trinajstić information content (AvgIpc) is 1.85. The third-order valence-electron chi connectivity index (χ3n) is 2.15. The standard InChI is InChI=1S/C7H15BO3/c1-5(9)7-4-10-8(3)11-6(7)2/h5-7,9H,4H2,1-3H3. The largest absolute Gasteiger partial charge is 0.453 e. The van der Waals surface area contributed by atoms with Crippen LogP contribution in [0.1, 0.15) is 13.8 Å². The van der Waals surface area contributed by atoms with Crippen molar-refractivity contribution in [3.05, 3.63) is 0 Å². The van der Waals surface area contributed by atoms with Gasteiger partial charge in [-0.2, -0.15) is 0 Å². The molecule has 0 radical (unpaired) electrons. The van der Waals surface area contributed by atoms with E-state index in [0.29, 0.717) is 6.61 Å². The lowest BCUT2D eigenvalue weighted by atomic mass is 9.87. The second-order valence-electron chi connectivity index (χ2n) is 3.15. The fourth-order valence-corrected chi connectivity index (χ4v) is 1.36. The Balaban J connectivity index is 2.44. The summed E-state index contributed by atoms with van der Waals surface area (Å²) in [6, 6.07) is 0. The minimum absolute atomic E-state index is 0.0961. The van der Waals surface area contributed by atoms with E-state index in [1.54, 1.807) is 6.92 Å². The second kappa shape index (κ2) is 3.56. The molecule has 1 N–H and O–H groups in total. The molecule has 0 amide bonds. The molecular weight excluding hydrogens is 143 g/mol. The second-order valence-corrected chi connectivity index (χ2v) is 3.15. The van der Waals surface area contributed by atoms with Gasteiger partial charge in [0, 0.05) is 18.6 Å². The van der Waals surface area contributed by atoms with Crippen molar-refractivity contribution in [3.8, 4) is 0 Å². The summed E-state index contributed by atoms with van der Waals surface area (Å²) in [5.74, 6) is 0.117. The summed E-state index contributed by atoms with van der Waals surface area (Å²) in [6.07, 6.45) is -0.253. The van der Waals surface area contributed by atoms with Crippen LogP contribution in [-0.2, 0) is 9.31 Å². The van der Waals surface area contributed by atoms with Crippen molar-refractivity contribution >= 4 is 7.12 Å². The molecule has 11 heavy (non-hydrogen) atoms. The van der Waals surface area contributed by atoms with Crippen LogP contribution in [0.2, 0.25) is 6.82 Å². The molecule has 1 aliphatic rings. The molecule has 3 unspecified atom stereocenters. The Labute approximate surface area is 67.8 Å². The first-order valence-electron chi connectivity index (χ1n) is 4.06. The Hall–Kier alpha value is -0.0551. The molecule has 3 atom stereocenters. The van der Waals surface area contributed by atoms with Gasteiger partial charge < -0.3 is 14.4 Å². The van der Waals surface area contributed by atoms with E-state index in [0.717, 1.165) is 0 Å². The maximum Gasteiger partial charge on any atom is 0.453 e. The zero-order chi connectivity index (χ0) is 8.43. The summed E-state index contributed by atoms with van der Waals surface area (Å²) in [5.41, 5.74) is 0. The molecule has 1 rings (SSSR count). The summed E-state index contributed by atoms with van der Waals surface area (Å²) in [4.78, 5) is 0. The fraction of sp³-hybridized carbons (Fsp3) is 1.00. The number of rotatable bonds is 1. The van der Waals surface area contributed by atoms with Gasteiger partial charge in [-0.05, 0) is 20.7 Å². The highest BCUT2D eigenvalue weighted by atomic mass is 16.6. The van der Waals surface area contributed by atoms with Crippen LogP contribution in [0.5, 0.6) is 0 Å². The van der Waals surface area contributed by atoms with E-state index >= 15 is 0 Å². The van der Waals surface area contributed by atoms with Gasteiger partial charge in [-0.25, -0.2) is 0 Å². The predicted octanol–water partition coefficient (Wildman–Crippen LogP) is 0.537. The van der Waals surface area contributed by atoms with Crippen LogP contribution in [0, 0.1) is 5.92 Å². The quantitative estimate of drug-likeness (QED) is 0.566. The molecule has 4 heteroatoms. The van der Waals surface area contributed by atoms with Crippen molar-refractivity contribution in [3.63, 3.8) is 0 Å². The van der Waals surface area contributed by atoms with Crippen molar-refractivity contribution in [2.45, 2.75) is 32.9 Å². The van der Waals surface area contributed by atoms with Gasteiger partial charge in [0.15, 0.2) is 0 Å². The molecule has 0 aromatic heterocycles. The van der Waals surface area contributed by atoms with E-state index in [4.69, 9.17) is 9.31 Å². The lowest BCUT2D eigenvalue weighted by Gasteiger charge is -2.33. The average molecular weight is 158 g/mol. The van der Waals surface area contributed by atoms with Gasteiger partial charge in [0.05, 0.1) is 6.10 Å². The normalized spacial score (nSPS) is 35.5. The Morgan fingerprint density at radius 1 is 1.64 bits per heavy atom. The summed E-state index contributed by atoms with van der Waals surface area (Å²) in [5, 5.41) is 9.27. The van der Waals surface area contributed by atoms with Gasteiger partial charge in [0.1, 0.15) is 0 Å². The van der Waals surface area contributed by atoms with E-state index in [1.165, 1.54) is 0 Å². The van der Waals surface area contributed by atoms with Gasteiger partial charge in [-0.15, -0.1) is 0 Å². The lowest BCUT2D eigenvalue weighted by molar-refractivity contribution is -0.0327. The van der Waals surface area contributed by atoms with Crippen molar-refractivity contribution in [1.29, 1.82) is 0 Å². The molecule has 0 bridgehead atoms. The van der Waals surface area contributed by atoms with Gasteiger partial charge in [-0.1, -0.05) is 0 Å². The molecule has 0 aromatic carbocycles. The molecule has 0 aliphatic carbocycles. The highest BCUT2D eigenvalue weighted by Gasteiger charge is 2.31. The maximum absolute atomic E-state index is 9.27. The minimum Gasteiger partial charge on any atom is -0.411 e. The maximum atomic E-state index is 9.27. The fourth-order valence-electron chi connectivity index (χ4n) is 1.36. The third-order valence-corrected chi connectivity index (χ3v) is 2.15. The molecule has 0 spiro atoms. The van der Waals surface area contributed by atoms with E-state index in [-0.39, 0.29) is 25.2 Å². The van der Waals surface area contributed by atoms with Gasteiger partial charge in [0.25, 0.3) is 0 Å². The van der Waals surface area contributed by atoms with Crippen LogP contribution in [-0.4, -0.2) is 31.0 Å². The van der Waals surface area contributed by atoms with Crippen LogP contribution in [0.4, 0.5) is 0 Å². The minimum atomic E-state index is -0.350. The lowest BCUT2D eigenvalue weighted by Crippen LogP contribution is -2.44. The molecule has 1 aliphatic heterocycles. The SMILES string of the molecule is CB1OCC(C(C)O)C(C)O1. The number of aliphatic hydroxyl groups excluding tert-OH is 1. The number of hydrogen-bond donors (Lipinski definition) is 1. The Morgan fingerprint density at radius 3 is 2.73 bits per heavy atom. The van der Waals surface area contributed by atoms with E-state index in [2.05, 4.69) is 0 Å². The highest BCUT2D eigenvalue weighted by molar-refractivity contribution is 6.42. The van der Waals surface area contributed by atoms with Crippen molar-refractivity contribution < 1.29 is 14.4 Å². The summed E-state index contributed by atoms with van der Waals surface area (Å²) in [6.45, 7) is 6.20. The monoisotopic (exact) mass is 158 g/mol. The highest BCUT2D eigenvalue weighted by Crippen LogP contribution is 2.19. The van der Waals surface area contributed by atoms with Gasteiger partial charge in [0.2, 0.25) is 0 Å². The van der Waals surface area contributed by atoms with Crippen molar-refractivity contribution in [2.75, 3.05) is 6.61 Å². The van der Waals surface area contributed by atoms with Crippen LogP contribution in [0.25, 0.3) is 0 Å². The number of aliphatic hydroxyl groups is 1. The first-order chi connectivity index (χ1) is 5.11. The summed E-state index contributed by atoms with van der Waals surface area (Å²) < 4.78 is 10.6. The van der Waals surface area contributed by atoms with Gasteiger partial charge in [-0.3, -0.25) is 0 Å². The molecule has 1 heterocycles. The Morgan fingerprint density at radius 2 is 2.27 bits per heavy atom. The van der Waals surface area contributed by atoms with Crippen LogP contribution in [0.15, 0.2) is 0 Å². The van der Waals surface area contributed by atoms with Crippen molar-refractivity contribution in [2.24, 2.45) is 5.92 Å². The first-order valence-corrected chi connectivity index (χ1v) is 4.06. The van der Waals surface area contributed by atoms with Crippen LogP contribution < -0.4 is 0 Å². The summed E-state index contributed by atoms with van der Waals surface area (Å²) in [7, 11) is -0.125. The first kappa shape index (κ1) is 9.04. The zero-order valence-corrected chi connectivity index (χ0v) is 7.28. The zero-order valence-electron chi connectivity index (χ0n) is 7.28. The Bertz CT molecular complexity index is 129.